The number of aliphatic hydroxyl groups excluding tert-OH is 1. The van der Waals surface area contributed by atoms with Crippen molar-refractivity contribution in [3.63, 3.8) is 0 Å². The van der Waals surface area contributed by atoms with Crippen molar-refractivity contribution in [3.05, 3.63) is 0 Å². The summed E-state index contributed by atoms with van der Waals surface area (Å²) in [6.07, 6.45) is 6.20. The molecule has 0 aliphatic heterocycles. The molecular weight excluding hydrogens is 236 g/mol. The van der Waals surface area contributed by atoms with E-state index in [9.17, 15) is 0 Å². The lowest BCUT2D eigenvalue weighted by molar-refractivity contribution is 0.141. The van der Waals surface area contributed by atoms with Gasteiger partial charge in [-0.05, 0) is 57.0 Å². The van der Waals surface area contributed by atoms with Crippen LogP contribution in [0, 0.1) is 11.8 Å². The predicted octanol–water partition coefficient (Wildman–Crippen LogP) is 2.50. The number of nitrogens with zero attached hydrogens (tertiary/aromatic N) is 1. The van der Waals surface area contributed by atoms with Crippen molar-refractivity contribution in [2.24, 2.45) is 11.8 Å². The topological polar surface area (TPSA) is 35.5 Å². The standard InChI is InChI=1S/C16H34N2O/c1-4-9-17-16-8-7-14(3)12-15(16)13-18(5-2)10-6-11-19/h14-17,19H,4-13H2,1-3H3. The van der Waals surface area contributed by atoms with Gasteiger partial charge in [-0.15, -0.1) is 0 Å². The van der Waals surface area contributed by atoms with E-state index in [1.54, 1.807) is 0 Å². The summed E-state index contributed by atoms with van der Waals surface area (Å²) in [5.74, 6) is 1.66. The quantitative estimate of drug-likeness (QED) is 0.676. The van der Waals surface area contributed by atoms with Crippen LogP contribution in [0.15, 0.2) is 0 Å². The molecule has 0 spiro atoms. The van der Waals surface area contributed by atoms with Crippen molar-refractivity contribution in [1.82, 2.24) is 10.2 Å². The van der Waals surface area contributed by atoms with E-state index in [0.29, 0.717) is 12.6 Å². The summed E-state index contributed by atoms with van der Waals surface area (Å²) in [7, 11) is 0. The minimum absolute atomic E-state index is 0.315. The zero-order chi connectivity index (χ0) is 14.1. The Balaban J connectivity index is 2.47. The summed E-state index contributed by atoms with van der Waals surface area (Å²) < 4.78 is 0. The lowest BCUT2D eigenvalue weighted by Gasteiger charge is -2.38. The molecule has 3 nitrogen and oxygen atoms in total. The van der Waals surface area contributed by atoms with E-state index in [4.69, 9.17) is 5.11 Å². The van der Waals surface area contributed by atoms with E-state index < -0.39 is 0 Å². The Morgan fingerprint density at radius 2 is 2.05 bits per heavy atom. The molecule has 1 rings (SSSR count). The summed E-state index contributed by atoms with van der Waals surface area (Å²) >= 11 is 0. The molecule has 1 fully saturated rings. The maximum absolute atomic E-state index is 8.99. The van der Waals surface area contributed by atoms with Crippen LogP contribution >= 0.6 is 0 Å². The fourth-order valence-corrected chi connectivity index (χ4v) is 3.30. The summed E-state index contributed by atoms with van der Waals surface area (Å²) in [6, 6.07) is 0.708. The molecule has 3 heteroatoms. The van der Waals surface area contributed by atoms with Crippen molar-refractivity contribution in [3.8, 4) is 0 Å². The Labute approximate surface area is 119 Å². The van der Waals surface area contributed by atoms with E-state index in [0.717, 1.165) is 37.9 Å². The number of aliphatic hydroxyl groups is 1. The first-order chi connectivity index (χ1) is 9.21. The summed E-state index contributed by atoms with van der Waals surface area (Å²) in [5, 5.41) is 12.7. The first-order valence-electron chi connectivity index (χ1n) is 8.27. The van der Waals surface area contributed by atoms with Gasteiger partial charge in [0.2, 0.25) is 0 Å². The predicted molar refractivity (Wildman–Crippen MR) is 82.4 cm³/mol. The minimum atomic E-state index is 0.315. The third kappa shape index (κ3) is 6.24. The molecule has 3 unspecified atom stereocenters. The molecule has 0 radical (unpaired) electrons. The maximum atomic E-state index is 8.99. The molecular formula is C16H34N2O. The second-order valence-corrected chi connectivity index (χ2v) is 6.21. The molecule has 114 valence electrons. The molecule has 0 bridgehead atoms. The zero-order valence-electron chi connectivity index (χ0n) is 13.2. The lowest BCUT2D eigenvalue weighted by Crippen LogP contribution is -2.46. The Kier molecular flexibility index (Phi) is 8.67. The van der Waals surface area contributed by atoms with Gasteiger partial charge in [0.15, 0.2) is 0 Å². The van der Waals surface area contributed by atoms with Gasteiger partial charge in [-0.3, -0.25) is 0 Å². The van der Waals surface area contributed by atoms with Gasteiger partial charge in [0.05, 0.1) is 0 Å². The molecule has 0 amide bonds. The molecule has 1 aliphatic rings. The molecule has 0 aromatic heterocycles. The Morgan fingerprint density at radius 1 is 1.26 bits per heavy atom. The molecule has 19 heavy (non-hydrogen) atoms. The molecule has 1 saturated carbocycles. The summed E-state index contributed by atoms with van der Waals surface area (Å²) in [5.41, 5.74) is 0. The molecule has 0 heterocycles. The van der Waals surface area contributed by atoms with Crippen LogP contribution in [0.1, 0.15) is 52.9 Å². The van der Waals surface area contributed by atoms with Gasteiger partial charge in [-0.2, -0.15) is 0 Å². The Hall–Kier alpha value is -0.120. The van der Waals surface area contributed by atoms with Crippen LogP contribution in [0.3, 0.4) is 0 Å². The highest BCUT2D eigenvalue weighted by Gasteiger charge is 2.29. The normalized spacial score (nSPS) is 27.9. The first-order valence-corrected chi connectivity index (χ1v) is 8.27. The van der Waals surface area contributed by atoms with Gasteiger partial charge in [0.25, 0.3) is 0 Å². The average Bonchev–Trinajstić information content (AvgIpc) is 2.42. The van der Waals surface area contributed by atoms with Gasteiger partial charge >= 0.3 is 0 Å². The minimum Gasteiger partial charge on any atom is -0.396 e. The van der Waals surface area contributed by atoms with Crippen LogP contribution in [0.2, 0.25) is 0 Å². The van der Waals surface area contributed by atoms with Crippen LogP contribution in [-0.2, 0) is 0 Å². The van der Waals surface area contributed by atoms with Crippen LogP contribution in [0.5, 0.6) is 0 Å². The monoisotopic (exact) mass is 270 g/mol. The number of hydrogen-bond acceptors (Lipinski definition) is 3. The highest BCUT2D eigenvalue weighted by atomic mass is 16.3. The lowest BCUT2D eigenvalue weighted by atomic mass is 9.78. The van der Waals surface area contributed by atoms with Crippen LogP contribution < -0.4 is 5.32 Å². The molecule has 0 saturated heterocycles. The van der Waals surface area contributed by atoms with Crippen molar-refractivity contribution >= 4 is 0 Å². The zero-order valence-corrected chi connectivity index (χ0v) is 13.2. The van der Waals surface area contributed by atoms with Crippen LogP contribution in [0.25, 0.3) is 0 Å². The molecule has 3 atom stereocenters. The number of rotatable bonds is 9. The number of nitrogens with one attached hydrogen (secondary N) is 1. The fourth-order valence-electron chi connectivity index (χ4n) is 3.30. The highest BCUT2D eigenvalue weighted by molar-refractivity contribution is 4.85. The van der Waals surface area contributed by atoms with Crippen LogP contribution in [0.4, 0.5) is 0 Å². The van der Waals surface area contributed by atoms with Crippen molar-refractivity contribution < 1.29 is 5.11 Å². The van der Waals surface area contributed by atoms with Gasteiger partial charge in [-0.1, -0.05) is 20.8 Å². The van der Waals surface area contributed by atoms with E-state index in [2.05, 4.69) is 31.0 Å². The van der Waals surface area contributed by atoms with Gasteiger partial charge in [0, 0.05) is 25.7 Å². The van der Waals surface area contributed by atoms with E-state index in [-0.39, 0.29) is 0 Å². The Bertz CT molecular complexity index is 221. The second-order valence-electron chi connectivity index (χ2n) is 6.21. The maximum Gasteiger partial charge on any atom is 0.0443 e. The van der Waals surface area contributed by atoms with Crippen molar-refractivity contribution in [2.75, 3.05) is 32.8 Å². The molecule has 0 aromatic carbocycles. The van der Waals surface area contributed by atoms with Gasteiger partial charge in [-0.25, -0.2) is 0 Å². The largest absolute Gasteiger partial charge is 0.396 e. The number of hydrogen-bond donors (Lipinski definition) is 2. The third-order valence-corrected chi connectivity index (χ3v) is 4.47. The summed E-state index contributed by atoms with van der Waals surface area (Å²) in [6.45, 7) is 11.7. The van der Waals surface area contributed by atoms with E-state index in [1.807, 2.05) is 0 Å². The fraction of sp³-hybridized carbons (Fsp3) is 1.00. The molecule has 0 aromatic rings. The third-order valence-electron chi connectivity index (χ3n) is 4.47. The van der Waals surface area contributed by atoms with Crippen LogP contribution in [-0.4, -0.2) is 48.8 Å². The second kappa shape index (κ2) is 9.73. The van der Waals surface area contributed by atoms with E-state index in [1.165, 1.54) is 32.2 Å². The summed E-state index contributed by atoms with van der Waals surface area (Å²) in [4.78, 5) is 2.51. The molecule has 2 N–H and O–H groups in total. The highest BCUT2D eigenvalue weighted by Crippen LogP contribution is 2.29. The van der Waals surface area contributed by atoms with Crippen molar-refractivity contribution in [1.29, 1.82) is 0 Å². The smallest absolute Gasteiger partial charge is 0.0443 e. The van der Waals surface area contributed by atoms with Gasteiger partial charge in [0.1, 0.15) is 0 Å². The SMILES string of the molecule is CCCNC1CCC(C)CC1CN(CC)CCCO. The Morgan fingerprint density at radius 3 is 2.68 bits per heavy atom. The van der Waals surface area contributed by atoms with E-state index >= 15 is 0 Å². The van der Waals surface area contributed by atoms with Crippen molar-refractivity contribution in [2.45, 2.75) is 58.9 Å². The molecule has 1 aliphatic carbocycles. The first kappa shape index (κ1) is 16.9. The average molecular weight is 270 g/mol. The van der Waals surface area contributed by atoms with Gasteiger partial charge < -0.3 is 15.3 Å².